The monoisotopic (exact) mass is 484 g/mol. The molecule has 0 spiro atoms. The van der Waals surface area contributed by atoms with Crippen molar-refractivity contribution in [3.8, 4) is 11.1 Å². The highest BCUT2D eigenvalue weighted by atomic mass is 127. The van der Waals surface area contributed by atoms with Gasteiger partial charge in [0.2, 0.25) is 0 Å². The van der Waals surface area contributed by atoms with Crippen molar-refractivity contribution < 1.29 is 0 Å². The van der Waals surface area contributed by atoms with Gasteiger partial charge in [-0.15, -0.1) is 0 Å². The Morgan fingerprint density at radius 2 is 1.53 bits per heavy atom. The topological polar surface area (TPSA) is 0 Å². The van der Waals surface area contributed by atoms with E-state index < -0.39 is 0 Å². The van der Waals surface area contributed by atoms with E-state index >= 15 is 0 Å². The third kappa shape index (κ3) is 2.55. The first kappa shape index (κ1) is 11.9. The highest BCUT2D eigenvalue weighted by Gasteiger charge is 2.09. The van der Waals surface area contributed by atoms with Crippen LogP contribution in [-0.2, 0) is 0 Å². The fourth-order valence-electron chi connectivity index (χ4n) is 1.40. The maximum Gasteiger partial charge on any atom is 0.0361 e. The molecular weight excluding hydrogens is 478 g/mol. The molecule has 0 saturated heterocycles. The van der Waals surface area contributed by atoms with E-state index in [9.17, 15) is 0 Å². The summed E-state index contributed by atoms with van der Waals surface area (Å²) >= 11 is 8.33. The van der Waals surface area contributed by atoms with Crippen LogP contribution >= 0.6 is 61.1 Å². The molecule has 76 valence electrons. The van der Waals surface area contributed by atoms with E-state index in [1.165, 1.54) is 18.3 Å². The minimum atomic E-state index is 1.15. The van der Waals surface area contributed by atoms with Gasteiger partial charge in [0, 0.05) is 17.2 Å². The summed E-state index contributed by atoms with van der Waals surface area (Å²) in [5.41, 5.74) is 2.58. The number of halogens is 3. The molecule has 0 aromatic heterocycles. The first-order valence-electron chi connectivity index (χ1n) is 4.39. The zero-order chi connectivity index (χ0) is 10.8. The molecule has 0 aliphatic rings. The van der Waals surface area contributed by atoms with Crippen molar-refractivity contribution >= 4 is 61.1 Å². The van der Waals surface area contributed by atoms with Crippen LogP contribution in [0.2, 0.25) is 0 Å². The maximum absolute atomic E-state index is 3.57. The lowest BCUT2D eigenvalue weighted by Gasteiger charge is -2.09. The number of hydrogen-bond donors (Lipinski definition) is 0. The Labute approximate surface area is 125 Å². The van der Waals surface area contributed by atoms with Crippen molar-refractivity contribution in [3.63, 3.8) is 0 Å². The normalized spacial score (nSPS) is 10.3. The van der Waals surface area contributed by atoms with Crippen molar-refractivity contribution in [1.29, 1.82) is 0 Å². The van der Waals surface area contributed by atoms with Gasteiger partial charge in [-0.1, -0.05) is 30.3 Å². The Hall–Kier alpha value is 0.380. The minimum absolute atomic E-state index is 1.15. The Bertz CT molecular complexity index is 480. The molecule has 0 aliphatic carbocycles. The van der Waals surface area contributed by atoms with Gasteiger partial charge in [-0.25, -0.2) is 0 Å². The highest BCUT2D eigenvalue weighted by molar-refractivity contribution is 14.1. The van der Waals surface area contributed by atoms with Gasteiger partial charge >= 0.3 is 0 Å². The van der Waals surface area contributed by atoms with Crippen molar-refractivity contribution in [2.75, 3.05) is 0 Å². The quantitative estimate of drug-likeness (QED) is 0.379. The van der Waals surface area contributed by atoms with Gasteiger partial charge < -0.3 is 0 Å². The van der Waals surface area contributed by atoms with Gasteiger partial charge in [0.25, 0.3) is 0 Å². The molecule has 0 saturated carbocycles. The Kier molecular flexibility index (Phi) is 4.06. The van der Waals surface area contributed by atoms with Crippen molar-refractivity contribution in [3.05, 3.63) is 54.1 Å². The molecule has 0 fully saturated rings. The molecule has 0 amide bonds. The summed E-state index contributed by atoms with van der Waals surface area (Å²) < 4.78 is 3.71. The predicted octanol–water partition coefficient (Wildman–Crippen LogP) is 5.33. The Morgan fingerprint density at radius 3 is 2.20 bits per heavy atom. The smallest absolute Gasteiger partial charge is 0.0361 e. The molecule has 0 unspecified atom stereocenters. The molecule has 3 heteroatoms. The summed E-state index contributed by atoms with van der Waals surface area (Å²) in [7, 11) is 0. The molecule has 2 rings (SSSR count). The summed E-state index contributed by atoms with van der Waals surface area (Å²) in [6.45, 7) is 0. The lowest BCUT2D eigenvalue weighted by Crippen LogP contribution is -1.88. The van der Waals surface area contributed by atoms with E-state index in [-0.39, 0.29) is 0 Å². The zero-order valence-electron chi connectivity index (χ0n) is 7.68. The number of rotatable bonds is 1. The number of hydrogen-bond acceptors (Lipinski definition) is 0. The summed E-state index contributed by atoms with van der Waals surface area (Å²) in [5, 5.41) is 0. The molecule has 0 radical (unpaired) electrons. The van der Waals surface area contributed by atoms with Gasteiger partial charge in [-0.2, -0.15) is 0 Å². The highest BCUT2D eigenvalue weighted by Crippen LogP contribution is 2.34. The van der Waals surface area contributed by atoms with Crippen LogP contribution in [0, 0.1) is 7.14 Å². The van der Waals surface area contributed by atoms with Crippen LogP contribution < -0.4 is 0 Å². The lowest BCUT2D eigenvalue weighted by molar-refractivity contribution is 1.51. The molecule has 2 aromatic carbocycles. The van der Waals surface area contributed by atoms with Crippen molar-refractivity contribution in [2.45, 2.75) is 0 Å². The average molecular weight is 485 g/mol. The van der Waals surface area contributed by atoms with Crippen LogP contribution in [-0.4, -0.2) is 0 Å². The van der Waals surface area contributed by atoms with Crippen LogP contribution in [0.3, 0.4) is 0 Å². The second-order valence-electron chi connectivity index (χ2n) is 3.08. The summed E-state index contributed by atoms with van der Waals surface area (Å²) in [6, 6.07) is 14.7. The molecular formula is C12H7BrI2. The first-order chi connectivity index (χ1) is 7.20. The molecule has 0 nitrogen and oxygen atoms in total. The second-order valence-corrected chi connectivity index (χ2v) is 6.18. The minimum Gasteiger partial charge on any atom is -0.0622 e. The lowest BCUT2D eigenvalue weighted by atomic mass is 10.1. The van der Waals surface area contributed by atoms with E-state index in [0.29, 0.717) is 0 Å². The molecule has 0 aliphatic heterocycles. The van der Waals surface area contributed by atoms with E-state index in [1.54, 1.807) is 0 Å². The van der Waals surface area contributed by atoms with Crippen LogP contribution in [0.15, 0.2) is 46.9 Å². The second kappa shape index (κ2) is 5.14. The van der Waals surface area contributed by atoms with Gasteiger partial charge in [0.1, 0.15) is 0 Å². The molecule has 2 aromatic rings. The largest absolute Gasteiger partial charge is 0.0622 e. The SMILES string of the molecule is Brc1ccc(I)c(-c2ccccc2)c1I. The summed E-state index contributed by atoms with van der Waals surface area (Å²) in [4.78, 5) is 0. The molecule has 0 atom stereocenters. The third-order valence-corrected chi connectivity index (χ3v) is 5.53. The molecule has 15 heavy (non-hydrogen) atoms. The molecule has 0 N–H and O–H groups in total. The standard InChI is InChI=1S/C12H7BrI2/c13-9-6-7-10(14)11(12(9)15)8-4-2-1-3-5-8/h1-7H. The fraction of sp³-hybridized carbons (Fsp3) is 0. The molecule has 0 heterocycles. The zero-order valence-corrected chi connectivity index (χ0v) is 13.6. The van der Waals surface area contributed by atoms with E-state index in [0.717, 1.165) is 4.47 Å². The first-order valence-corrected chi connectivity index (χ1v) is 7.34. The number of benzene rings is 2. The maximum atomic E-state index is 3.57. The van der Waals surface area contributed by atoms with E-state index in [1.807, 2.05) is 6.07 Å². The van der Waals surface area contributed by atoms with E-state index in [4.69, 9.17) is 0 Å². The van der Waals surface area contributed by atoms with Crippen LogP contribution in [0.25, 0.3) is 11.1 Å². The average Bonchev–Trinajstić information content (AvgIpc) is 2.26. The Balaban J connectivity index is 2.68. The van der Waals surface area contributed by atoms with Crippen LogP contribution in [0.1, 0.15) is 0 Å². The predicted molar refractivity (Wildman–Crippen MR) is 85.0 cm³/mol. The summed E-state index contributed by atoms with van der Waals surface area (Å²) in [6.07, 6.45) is 0. The fourth-order valence-corrected chi connectivity index (χ4v) is 3.79. The van der Waals surface area contributed by atoms with Gasteiger partial charge in [0.05, 0.1) is 0 Å². The molecule has 0 bridgehead atoms. The summed E-state index contributed by atoms with van der Waals surface area (Å²) in [5.74, 6) is 0. The van der Waals surface area contributed by atoms with E-state index in [2.05, 4.69) is 97.5 Å². The van der Waals surface area contributed by atoms with Crippen LogP contribution in [0.5, 0.6) is 0 Å². The van der Waals surface area contributed by atoms with Crippen molar-refractivity contribution in [1.82, 2.24) is 0 Å². The Morgan fingerprint density at radius 1 is 0.867 bits per heavy atom. The van der Waals surface area contributed by atoms with Crippen LogP contribution in [0.4, 0.5) is 0 Å². The van der Waals surface area contributed by atoms with Crippen molar-refractivity contribution in [2.24, 2.45) is 0 Å². The van der Waals surface area contributed by atoms with Gasteiger partial charge in [0.15, 0.2) is 0 Å². The third-order valence-electron chi connectivity index (χ3n) is 2.11. The van der Waals surface area contributed by atoms with Gasteiger partial charge in [-0.05, 0) is 78.8 Å². The van der Waals surface area contributed by atoms with Gasteiger partial charge in [-0.3, -0.25) is 0 Å².